The highest BCUT2D eigenvalue weighted by Crippen LogP contribution is 2.36. The van der Waals surface area contributed by atoms with Crippen LogP contribution in [0.4, 0.5) is 0 Å². The Morgan fingerprint density at radius 2 is 1.00 bits per heavy atom. The average Bonchev–Trinajstić information content (AvgIpc) is 2.85. The molecule has 0 fully saturated rings. The van der Waals surface area contributed by atoms with E-state index in [2.05, 4.69) is 32.9 Å². The van der Waals surface area contributed by atoms with Gasteiger partial charge >= 0.3 is 11.9 Å². The molecule has 194 valence electrons. The van der Waals surface area contributed by atoms with Crippen LogP contribution >= 0.6 is 0 Å². The van der Waals surface area contributed by atoms with Gasteiger partial charge in [-0.25, -0.2) is 9.59 Å². The van der Waals surface area contributed by atoms with Crippen molar-refractivity contribution in [3.63, 3.8) is 0 Å². The summed E-state index contributed by atoms with van der Waals surface area (Å²) in [6, 6.07) is 19.8. The molecule has 0 aliphatic carbocycles. The second-order valence-electron chi connectivity index (χ2n) is 9.36. The van der Waals surface area contributed by atoms with Gasteiger partial charge in [0.2, 0.25) is 0 Å². The minimum absolute atomic E-state index is 0.0936. The molecule has 6 nitrogen and oxygen atoms in total. The lowest BCUT2D eigenvalue weighted by Crippen LogP contribution is -2.09. The number of aliphatic carboxylic acids is 2. The highest BCUT2D eigenvalue weighted by atomic mass is 16.4. The number of carbonyl (C=O) groups is 4. The summed E-state index contributed by atoms with van der Waals surface area (Å²) in [5.41, 5.74) is 8.30. The molecule has 38 heavy (non-hydrogen) atoms. The Bertz CT molecular complexity index is 1300. The lowest BCUT2D eigenvalue weighted by atomic mass is 9.80. The molecule has 0 aliphatic rings. The topological polar surface area (TPSA) is 109 Å². The zero-order chi connectivity index (χ0) is 27.8. The van der Waals surface area contributed by atoms with Gasteiger partial charge in [-0.05, 0) is 71.9 Å². The molecule has 0 aliphatic heterocycles. The molecule has 0 aromatic heterocycles. The van der Waals surface area contributed by atoms with E-state index < -0.39 is 11.9 Å². The van der Waals surface area contributed by atoms with Gasteiger partial charge in [-0.3, -0.25) is 9.59 Å². The van der Waals surface area contributed by atoms with E-state index in [1.54, 1.807) is 0 Å². The lowest BCUT2D eigenvalue weighted by molar-refractivity contribution is -0.132. The van der Waals surface area contributed by atoms with E-state index in [1.807, 2.05) is 48.5 Å². The van der Waals surface area contributed by atoms with Gasteiger partial charge in [0.15, 0.2) is 11.6 Å². The normalized spacial score (nSPS) is 11.4. The van der Waals surface area contributed by atoms with Crippen LogP contribution in [0.3, 0.4) is 0 Å². The Hall–Kier alpha value is -4.58. The summed E-state index contributed by atoms with van der Waals surface area (Å²) in [6.07, 6.45) is 4.04. The Labute approximate surface area is 222 Å². The van der Waals surface area contributed by atoms with Crippen molar-refractivity contribution >= 4 is 23.5 Å². The van der Waals surface area contributed by atoms with E-state index in [-0.39, 0.29) is 30.3 Å². The summed E-state index contributed by atoms with van der Waals surface area (Å²) in [6.45, 7) is 6.24. The van der Waals surface area contributed by atoms with Crippen molar-refractivity contribution < 1.29 is 29.4 Å². The molecular formula is C32H30O6. The smallest absolute Gasteiger partial charge is 0.328 e. The number of ketones is 2. The standard InChI is InChI=1S/C32H30O6/c1-20-16-21(2)31(22(3)17-20)32(25-8-4-23(5-9-25)18-27(33)12-14-29(35)36)26-10-6-24(7-11-26)19-28(34)13-15-30(37)38/h4-17,32H,18-19H2,1-3H3,(H,35,36)(H,37,38)/b14-12+,15-13+. The van der Waals surface area contributed by atoms with Crippen molar-refractivity contribution in [2.45, 2.75) is 39.5 Å². The van der Waals surface area contributed by atoms with Crippen LogP contribution in [0.15, 0.2) is 85.0 Å². The molecule has 3 aromatic carbocycles. The second kappa shape index (κ2) is 12.6. The number of carboxylic acid groups (broad SMARTS) is 2. The molecule has 0 radical (unpaired) electrons. The number of hydrogen-bond acceptors (Lipinski definition) is 4. The molecular weight excluding hydrogens is 480 g/mol. The predicted molar refractivity (Wildman–Crippen MR) is 145 cm³/mol. The average molecular weight is 511 g/mol. The van der Waals surface area contributed by atoms with E-state index in [0.29, 0.717) is 0 Å². The number of rotatable bonds is 11. The largest absolute Gasteiger partial charge is 0.478 e. The van der Waals surface area contributed by atoms with Gasteiger partial charge in [-0.2, -0.15) is 0 Å². The molecule has 0 bridgehead atoms. The predicted octanol–water partition coefficient (Wildman–Crippen LogP) is 5.30. The highest BCUT2D eigenvalue weighted by molar-refractivity contribution is 5.97. The highest BCUT2D eigenvalue weighted by Gasteiger charge is 2.21. The maximum atomic E-state index is 12.1. The van der Waals surface area contributed by atoms with Crippen molar-refractivity contribution in [3.8, 4) is 0 Å². The van der Waals surface area contributed by atoms with Crippen molar-refractivity contribution in [1.82, 2.24) is 0 Å². The van der Waals surface area contributed by atoms with Crippen LogP contribution in [0.25, 0.3) is 0 Å². The van der Waals surface area contributed by atoms with Gasteiger partial charge in [0, 0.05) is 30.9 Å². The molecule has 0 saturated carbocycles. The fourth-order valence-corrected chi connectivity index (χ4v) is 4.68. The SMILES string of the molecule is Cc1cc(C)c(C(c2ccc(CC(=O)/C=C/C(=O)O)cc2)c2ccc(CC(=O)/C=C/C(=O)O)cc2)c(C)c1. The minimum atomic E-state index is -1.16. The van der Waals surface area contributed by atoms with Crippen LogP contribution in [0.1, 0.15) is 50.4 Å². The number of hydrogen-bond donors (Lipinski definition) is 2. The summed E-state index contributed by atoms with van der Waals surface area (Å²) >= 11 is 0. The van der Waals surface area contributed by atoms with Crippen molar-refractivity contribution in [3.05, 3.63) is 129 Å². The summed E-state index contributed by atoms with van der Waals surface area (Å²) < 4.78 is 0. The van der Waals surface area contributed by atoms with E-state index in [9.17, 15) is 19.2 Å². The van der Waals surface area contributed by atoms with Crippen LogP contribution in [0.5, 0.6) is 0 Å². The van der Waals surface area contributed by atoms with E-state index in [1.165, 1.54) is 11.1 Å². The molecule has 3 aromatic rings. The van der Waals surface area contributed by atoms with Gasteiger partial charge in [0.25, 0.3) is 0 Å². The minimum Gasteiger partial charge on any atom is -0.478 e. The number of carboxylic acids is 2. The van der Waals surface area contributed by atoms with Gasteiger partial charge < -0.3 is 10.2 Å². The van der Waals surface area contributed by atoms with Gasteiger partial charge in [-0.1, -0.05) is 66.2 Å². The van der Waals surface area contributed by atoms with Crippen LogP contribution in [0.2, 0.25) is 0 Å². The Morgan fingerprint density at radius 1 is 0.632 bits per heavy atom. The zero-order valence-corrected chi connectivity index (χ0v) is 21.6. The quantitative estimate of drug-likeness (QED) is 0.268. The third-order valence-corrected chi connectivity index (χ3v) is 6.23. The third kappa shape index (κ3) is 7.71. The zero-order valence-electron chi connectivity index (χ0n) is 21.6. The third-order valence-electron chi connectivity index (χ3n) is 6.23. The van der Waals surface area contributed by atoms with E-state index in [4.69, 9.17) is 10.2 Å². The van der Waals surface area contributed by atoms with Crippen LogP contribution < -0.4 is 0 Å². The lowest BCUT2D eigenvalue weighted by Gasteiger charge is -2.24. The van der Waals surface area contributed by atoms with Crippen molar-refractivity contribution in [2.75, 3.05) is 0 Å². The van der Waals surface area contributed by atoms with Gasteiger partial charge in [0.1, 0.15) is 0 Å². The van der Waals surface area contributed by atoms with E-state index in [0.717, 1.165) is 57.7 Å². The molecule has 0 unspecified atom stereocenters. The molecule has 0 amide bonds. The Balaban J connectivity index is 1.96. The molecule has 0 saturated heterocycles. The molecule has 0 atom stereocenters. The second-order valence-corrected chi connectivity index (χ2v) is 9.36. The first-order valence-corrected chi connectivity index (χ1v) is 12.2. The maximum absolute atomic E-state index is 12.1. The number of benzene rings is 3. The summed E-state index contributed by atoms with van der Waals surface area (Å²) in [7, 11) is 0. The number of carbonyl (C=O) groups excluding carboxylic acids is 2. The fraction of sp³-hybridized carbons (Fsp3) is 0.188. The van der Waals surface area contributed by atoms with Crippen LogP contribution in [0, 0.1) is 20.8 Å². The van der Waals surface area contributed by atoms with Crippen LogP contribution in [-0.2, 0) is 32.0 Å². The molecule has 3 rings (SSSR count). The first kappa shape index (κ1) is 28.0. The number of aryl methyl sites for hydroxylation is 3. The molecule has 0 spiro atoms. The monoisotopic (exact) mass is 510 g/mol. The molecule has 6 heteroatoms. The summed E-state index contributed by atoms with van der Waals surface area (Å²) in [5, 5.41) is 17.5. The van der Waals surface area contributed by atoms with Crippen molar-refractivity contribution in [2.24, 2.45) is 0 Å². The maximum Gasteiger partial charge on any atom is 0.328 e. The van der Waals surface area contributed by atoms with Gasteiger partial charge in [0.05, 0.1) is 0 Å². The first-order chi connectivity index (χ1) is 18.0. The Kier molecular flexibility index (Phi) is 9.28. The van der Waals surface area contributed by atoms with E-state index >= 15 is 0 Å². The Morgan fingerprint density at radius 3 is 1.34 bits per heavy atom. The first-order valence-electron chi connectivity index (χ1n) is 12.2. The molecule has 0 heterocycles. The van der Waals surface area contributed by atoms with Gasteiger partial charge in [-0.15, -0.1) is 0 Å². The van der Waals surface area contributed by atoms with Crippen molar-refractivity contribution in [1.29, 1.82) is 0 Å². The summed E-state index contributed by atoms with van der Waals surface area (Å²) in [4.78, 5) is 45.5. The number of allylic oxidation sites excluding steroid dienone is 2. The summed E-state index contributed by atoms with van der Waals surface area (Å²) in [5.74, 6) is -2.99. The fourth-order valence-electron chi connectivity index (χ4n) is 4.68. The van der Waals surface area contributed by atoms with Crippen LogP contribution in [-0.4, -0.2) is 33.7 Å². The molecule has 2 N–H and O–H groups in total.